The summed E-state index contributed by atoms with van der Waals surface area (Å²) >= 11 is 1.80. The molecule has 4 heteroatoms. The SMILES string of the molecule is CC1c2ccsc2CCN1C(=O)c1ccc(-n2cccc2)cc1. The summed E-state index contributed by atoms with van der Waals surface area (Å²) in [5.74, 6) is 0.119. The zero-order chi connectivity index (χ0) is 15.8. The van der Waals surface area contributed by atoms with Crippen molar-refractivity contribution in [1.29, 1.82) is 0 Å². The lowest BCUT2D eigenvalue weighted by Crippen LogP contribution is -2.38. The van der Waals surface area contributed by atoms with Gasteiger partial charge in [0.25, 0.3) is 5.91 Å². The van der Waals surface area contributed by atoms with Crippen molar-refractivity contribution in [2.45, 2.75) is 19.4 Å². The van der Waals surface area contributed by atoms with E-state index in [2.05, 4.69) is 18.4 Å². The topological polar surface area (TPSA) is 25.2 Å². The molecule has 0 bridgehead atoms. The molecular weight excluding hydrogens is 304 g/mol. The molecule has 4 rings (SSSR count). The van der Waals surface area contributed by atoms with Crippen molar-refractivity contribution in [1.82, 2.24) is 9.47 Å². The molecule has 3 nitrogen and oxygen atoms in total. The van der Waals surface area contributed by atoms with E-state index in [0.29, 0.717) is 0 Å². The molecule has 23 heavy (non-hydrogen) atoms. The second-order valence-electron chi connectivity index (χ2n) is 5.86. The van der Waals surface area contributed by atoms with Gasteiger partial charge < -0.3 is 9.47 Å². The summed E-state index contributed by atoms with van der Waals surface area (Å²) in [5, 5.41) is 2.13. The van der Waals surface area contributed by atoms with Gasteiger partial charge in [0.2, 0.25) is 0 Å². The van der Waals surface area contributed by atoms with Gasteiger partial charge in [-0.3, -0.25) is 4.79 Å². The lowest BCUT2D eigenvalue weighted by atomic mass is 10.0. The fourth-order valence-electron chi connectivity index (χ4n) is 3.24. The summed E-state index contributed by atoms with van der Waals surface area (Å²) in [5.41, 5.74) is 3.13. The molecule has 1 aliphatic heterocycles. The van der Waals surface area contributed by atoms with Crippen molar-refractivity contribution in [3.63, 3.8) is 0 Å². The minimum absolute atomic E-state index is 0.119. The molecule has 0 spiro atoms. The van der Waals surface area contributed by atoms with Crippen LogP contribution in [0.1, 0.15) is 33.8 Å². The van der Waals surface area contributed by atoms with Gasteiger partial charge in [0.1, 0.15) is 0 Å². The molecule has 0 saturated carbocycles. The summed E-state index contributed by atoms with van der Waals surface area (Å²) in [6, 6.07) is 14.1. The number of benzene rings is 1. The maximum atomic E-state index is 12.9. The lowest BCUT2D eigenvalue weighted by molar-refractivity contribution is 0.0679. The third-order valence-corrected chi connectivity index (χ3v) is 5.55. The molecule has 1 atom stereocenters. The summed E-state index contributed by atoms with van der Waals surface area (Å²) in [6.07, 6.45) is 4.97. The van der Waals surface area contributed by atoms with Gasteiger partial charge >= 0.3 is 0 Å². The van der Waals surface area contributed by atoms with Crippen molar-refractivity contribution in [2.24, 2.45) is 0 Å². The number of hydrogen-bond acceptors (Lipinski definition) is 2. The second kappa shape index (κ2) is 5.70. The normalized spacial score (nSPS) is 17.1. The molecule has 0 fully saturated rings. The highest BCUT2D eigenvalue weighted by Gasteiger charge is 2.28. The third kappa shape index (κ3) is 2.49. The highest BCUT2D eigenvalue weighted by atomic mass is 32.1. The van der Waals surface area contributed by atoms with Crippen LogP contribution in [0.4, 0.5) is 0 Å². The predicted octanol–water partition coefficient (Wildman–Crippen LogP) is 4.30. The maximum Gasteiger partial charge on any atom is 0.254 e. The van der Waals surface area contributed by atoms with E-state index in [1.807, 2.05) is 58.3 Å². The van der Waals surface area contributed by atoms with E-state index in [0.717, 1.165) is 24.2 Å². The number of aromatic nitrogens is 1. The Morgan fingerprint density at radius 1 is 1.13 bits per heavy atom. The Balaban J connectivity index is 1.58. The first kappa shape index (κ1) is 14.3. The average Bonchev–Trinajstić information content (AvgIpc) is 3.27. The second-order valence-corrected chi connectivity index (χ2v) is 6.86. The number of fused-ring (bicyclic) bond motifs is 1. The maximum absolute atomic E-state index is 12.9. The number of carbonyl (C=O) groups excluding carboxylic acids is 1. The summed E-state index contributed by atoms with van der Waals surface area (Å²) in [6.45, 7) is 2.92. The molecule has 0 radical (unpaired) electrons. The Hall–Kier alpha value is -2.33. The van der Waals surface area contributed by atoms with Crippen LogP contribution in [-0.4, -0.2) is 21.9 Å². The number of amides is 1. The van der Waals surface area contributed by atoms with Crippen LogP contribution < -0.4 is 0 Å². The standard InChI is InChI=1S/C19H18N2OS/c1-14-17-9-13-23-18(17)8-12-21(14)19(22)15-4-6-16(7-5-15)20-10-2-3-11-20/h2-7,9-11,13-14H,8,12H2,1H3. The lowest BCUT2D eigenvalue weighted by Gasteiger charge is -2.33. The van der Waals surface area contributed by atoms with Crippen LogP contribution in [0, 0.1) is 0 Å². The molecule has 0 aliphatic carbocycles. The first-order valence-corrected chi connectivity index (χ1v) is 8.72. The monoisotopic (exact) mass is 322 g/mol. The van der Waals surface area contributed by atoms with E-state index in [1.165, 1.54) is 10.4 Å². The molecule has 3 aromatic rings. The van der Waals surface area contributed by atoms with Crippen molar-refractivity contribution in [3.05, 3.63) is 76.2 Å². The Morgan fingerprint density at radius 2 is 1.87 bits per heavy atom. The largest absolute Gasteiger partial charge is 0.331 e. The highest BCUT2D eigenvalue weighted by molar-refractivity contribution is 7.10. The molecular formula is C19H18N2OS. The third-order valence-electron chi connectivity index (χ3n) is 4.55. The Labute approximate surface area is 139 Å². The van der Waals surface area contributed by atoms with Gasteiger partial charge in [0.15, 0.2) is 0 Å². The van der Waals surface area contributed by atoms with Gasteiger partial charge in [-0.2, -0.15) is 0 Å². The van der Waals surface area contributed by atoms with Crippen LogP contribution in [0.5, 0.6) is 0 Å². The van der Waals surface area contributed by atoms with Crippen molar-refractivity contribution in [3.8, 4) is 5.69 Å². The zero-order valence-corrected chi connectivity index (χ0v) is 13.8. The van der Waals surface area contributed by atoms with E-state index < -0.39 is 0 Å². The van der Waals surface area contributed by atoms with Crippen LogP contribution in [-0.2, 0) is 6.42 Å². The van der Waals surface area contributed by atoms with E-state index in [1.54, 1.807) is 11.3 Å². The number of hydrogen-bond donors (Lipinski definition) is 0. The first-order valence-electron chi connectivity index (χ1n) is 7.84. The van der Waals surface area contributed by atoms with Crippen LogP contribution in [0.2, 0.25) is 0 Å². The van der Waals surface area contributed by atoms with Gasteiger partial charge in [-0.05, 0) is 66.8 Å². The molecule has 0 N–H and O–H groups in total. The van der Waals surface area contributed by atoms with E-state index >= 15 is 0 Å². The fourth-order valence-corrected chi connectivity index (χ4v) is 4.20. The summed E-state index contributed by atoms with van der Waals surface area (Å²) in [7, 11) is 0. The first-order chi connectivity index (χ1) is 11.2. The minimum Gasteiger partial charge on any atom is -0.331 e. The minimum atomic E-state index is 0.119. The molecule has 1 unspecified atom stereocenters. The van der Waals surface area contributed by atoms with Crippen LogP contribution in [0.3, 0.4) is 0 Å². The smallest absolute Gasteiger partial charge is 0.254 e. The van der Waals surface area contributed by atoms with Gasteiger partial charge in [0.05, 0.1) is 6.04 Å². The van der Waals surface area contributed by atoms with Crippen molar-refractivity contribution < 1.29 is 4.79 Å². The molecule has 0 saturated heterocycles. The predicted molar refractivity (Wildman–Crippen MR) is 93.2 cm³/mol. The van der Waals surface area contributed by atoms with Crippen LogP contribution in [0.15, 0.2) is 60.2 Å². The van der Waals surface area contributed by atoms with Gasteiger partial charge in [-0.15, -0.1) is 11.3 Å². The molecule has 1 aromatic carbocycles. The summed E-state index contributed by atoms with van der Waals surface area (Å²) < 4.78 is 2.04. The fraction of sp³-hybridized carbons (Fsp3) is 0.211. The molecule has 1 aliphatic rings. The molecule has 2 aromatic heterocycles. The number of rotatable bonds is 2. The molecule has 1 amide bonds. The average molecular weight is 322 g/mol. The quantitative estimate of drug-likeness (QED) is 0.690. The van der Waals surface area contributed by atoms with Crippen LogP contribution >= 0.6 is 11.3 Å². The molecule has 3 heterocycles. The highest BCUT2D eigenvalue weighted by Crippen LogP contribution is 2.33. The number of carbonyl (C=O) groups is 1. The van der Waals surface area contributed by atoms with Crippen molar-refractivity contribution in [2.75, 3.05) is 6.54 Å². The van der Waals surface area contributed by atoms with Crippen molar-refractivity contribution >= 4 is 17.2 Å². The van der Waals surface area contributed by atoms with E-state index in [-0.39, 0.29) is 11.9 Å². The van der Waals surface area contributed by atoms with E-state index in [4.69, 9.17) is 0 Å². The summed E-state index contributed by atoms with van der Waals surface area (Å²) in [4.78, 5) is 16.3. The van der Waals surface area contributed by atoms with E-state index in [9.17, 15) is 4.79 Å². The zero-order valence-electron chi connectivity index (χ0n) is 13.0. The Morgan fingerprint density at radius 3 is 2.61 bits per heavy atom. The van der Waals surface area contributed by atoms with Gasteiger partial charge in [0, 0.05) is 35.1 Å². The Bertz CT molecular complexity index is 817. The molecule has 116 valence electrons. The number of nitrogens with zero attached hydrogens (tertiary/aromatic N) is 2. The van der Waals surface area contributed by atoms with Crippen LogP contribution in [0.25, 0.3) is 5.69 Å². The van der Waals surface area contributed by atoms with Gasteiger partial charge in [-0.25, -0.2) is 0 Å². The van der Waals surface area contributed by atoms with Gasteiger partial charge in [-0.1, -0.05) is 0 Å². The Kier molecular flexibility index (Phi) is 3.54. The number of thiophene rings is 1.